The van der Waals surface area contributed by atoms with Crippen LogP contribution in [-0.4, -0.2) is 50.9 Å². The molecule has 2 aromatic heterocycles. The second-order valence-corrected chi connectivity index (χ2v) is 15.9. The third-order valence-corrected chi connectivity index (χ3v) is 11.9. The Morgan fingerprint density at radius 3 is 2.66 bits per heavy atom. The number of aryl methyl sites for hydroxylation is 1. The smallest absolute Gasteiger partial charge is 0.411 e. The van der Waals surface area contributed by atoms with Gasteiger partial charge in [0.05, 0.1) is 12.7 Å². The van der Waals surface area contributed by atoms with Gasteiger partial charge in [-0.1, -0.05) is 20.8 Å². The predicted molar refractivity (Wildman–Crippen MR) is 120 cm³/mol. The van der Waals surface area contributed by atoms with E-state index >= 15 is 0 Å². The highest BCUT2D eigenvalue weighted by atomic mass is 31.2. The van der Waals surface area contributed by atoms with Gasteiger partial charge >= 0.3 is 13.4 Å². The van der Waals surface area contributed by atoms with Crippen LogP contribution in [0.5, 0.6) is 0 Å². The van der Waals surface area contributed by atoms with E-state index in [-0.39, 0.29) is 11.6 Å². The van der Waals surface area contributed by atoms with Gasteiger partial charge in [-0.3, -0.25) is 18.9 Å². The zero-order valence-electron chi connectivity index (χ0n) is 19.1. The van der Waals surface area contributed by atoms with Crippen molar-refractivity contribution in [2.75, 3.05) is 6.61 Å². The average Bonchev–Trinajstić information content (AvgIpc) is 3.32. The molecule has 1 aliphatic rings. The minimum Gasteiger partial charge on any atom is -0.411 e. The minimum absolute atomic E-state index is 0.0784. The molecule has 0 saturated carbocycles. The zero-order valence-corrected chi connectivity index (χ0v) is 21.0. The minimum atomic E-state index is -4.16. The Labute approximate surface area is 187 Å². The van der Waals surface area contributed by atoms with Crippen molar-refractivity contribution in [2.45, 2.75) is 70.7 Å². The largest absolute Gasteiger partial charge is 0.437 e. The van der Waals surface area contributed by atoms with Crippen LogP contribution < -0.4 is 11.2 Å². The second-order valence-electron chi connectivity index (χ2n) is 9.49. The summed E-state index contributed by atoms with van der Waals surface area (Å²) in [5, 5.41) is -0.0784. The normalized spacial score (nSPS) is 23.9. The highest BCUT2D eigenvalue weighted by Crippen LogP contribution is 2.45. The second kappa shape index (κ2) is 8.84. The fourth-order valence-corrected chi connectivity index (χ4v) is 5.39. The third-order valence-electron chi connectivity index (χ3n) is 6.08. The number of nitrogens with one attached hydrogen (secondary N) is 1. The summed E-state index contributed by atoms with van der Waals surface area (Å²) < 4.78 is 32.8. The van der Waals surface area contributed by atoms with Crippen LogP contribution in [0.4, 0.5) is 0 Å². The fourth-order valence-electron chi connectivity index (χ4n) is 3.14. The standard InChI is InChI=1S/C19H31N4O7PSi/c1-13-10-23(18(25)21-17(13)24)16-9-14(30-32(5,6)19(2,3)4)15(29-16)11-28-31(26,27)22-8-7-20-12-22/h7-8,10,12,14-16H,9,11H2,1-6H3,(H,26,27)(H,21,24,25)/t14-,15-,16-/m1/s1. The van der Waals surface area contributed by atoms with E-state index in [4.69, 9.17) is 13.7 Å². The van der Waals surface area contributed by atoms with E-state index in [1.807, 2.05) is 0 Å². The van der Waals surface area contributed by atoms with Crippen molar-refractivity contribution in [2.24, 2.45) is 0 Å². The van der Waals surface area contributed by atoms with Crippen LogP contribution in [-0.2, 0) is 18.3 Å². The summed E-state index contributed by atoms with van der Waals surface area (Å²) in [6.45, 7) is 11.9. The van der Waals surface area contributed by atoms with Crippen molar-refractivity contribution < 1.29 is 23.1 Å². The van der Waals surface area contributed by atoms with E-state index in [1.165, 1.54) is 29.5 Å². The summed E-state index contributed by atoms with van der Waals surface area (Å²) in [5.41, 5.74) is -0.682. The molecule has 1 fully saturated rings. The molecule has 1 aliphatic heterocycles. The van der Waals surface area contributed by atoms with Gasteiger partial charge in [0.2, 0.25) is 0 Å². The molecule has 178 valence electrons. The van der Waals surface area contributed by atoms with Gasteiger partial charge in [-0.2, -0.15) is 0 Å². The molecule has 13 heteroatoms. The van der Waals surface area contributed by atoms with E-state index in [1.54, 1.807) is 6.92 Å². The van der Waals surface area contributed by atoms with Crippen LogP contribution in [0.1, 0.15) is 39.0 Å². The molecule has 2 N–H and O–H groups in total. The molecule has 1 saturated heterocycles. The van der Waals surface area contributed by atoms with Crippen molar-refractivity contribution in [3.8, 4) is 0 Å². The molecular formula is C19H31N4O7PSi. The maximum Gasteiger partial charge on any atom is 0.437 e. The van der Waals surface area contributed by atoms with E-state index in [9.17, 15) is 19.0 Å². The summed E-state index contributed by atoms with van der Waals surface area (Å²) in [7, 11) is -6.39. The number of H-pyrrole nitrogens is 1. The van der Waals surface area contributed by atoms with Gasteiger partial charge in [0, 0.05) is 30.6 Å². The molecule has 0 bridgehead atoms. The monoisotopic (exact) mass is 486 g/mol. The van der Waals surface area contributed by atoms with Crippen molar-refractivity contribution in [1.29, 1.82) is 0 Å². The third kappa shape index (κ3) is 5.21. The highest BCUT2D eigenvalue weighted by Gasteiger charge is 2.46. The van der Waals surface area contributed by atoms with Gasteiger partial charge < -0.3 is 14.1 Å². The summed E-state index contributed by atoms with van der Waals surface area (Å²) in [6.07, 6.45) is 3.81. The molecule has 3 heterocycles. The van der Waals surface area contributed by atoms with Crippen LogP contribution in [0.3, 0.4) is 0 Å². The number of imidazole rings is 1. The van der Waals surface area contributed by atoms with E-state index in [0.29, 0.717) is 12.0 Å². The lowest BCUT2D eigenvalue weighted by Crippen LogP contribution is -2.46. The number of nitrogens with zero attached hydrogens (tertiary/aromatic N) is 3. The van der Waals surface area contributed by atoms with Gasteiger partial charge in [-0.15, -0.1) is 0 Å². The summed E-state index contributed by atoms with van der Waals surface area (Å²) in [6, 6.07) is 0. The van der Waals surface area contributed by atoms with Crippen molar-refractivity contribution in [3.05, 3.63) is 51.3 Å². The SMILES string of the molecule is Cc1cn([C@H]2C[C@@H](O[Si](C)(C)C(C)(C)C)[C@@H](COP(=O)(O)n3ccnc3)O2)c(=O)[nH]c1=O. The van der Waals surface area contributed by atoms with Gasteiger partial charge in [-0.05, 0) is 25.1 Å². The average molecular weight is 487 g/mol. The van der Waals surface area contributed by atoms with Gasteiger partial charge in [0.15, 0.2) is 8.32 Å². The molecule has 0 spiro atoms. The summed E-state index contributed by atoms with van der Waals surface area (Å²) >= 11 is 0. The van der Waals surface area contributed by atoms with Crippen LogP contribution in [0, 0.1) is 6.92 Å². The van der Waals surface area contributed by atoms with Crippen molar-refractivity contribution >= 4 is 16.1 Å². The van der Waals surface area contributed by atoms with Crippen molar-refractivity contribution in [3.63, 3.8) is 0 Å². The fraction of sp³-hybridized carbons (Fsp3) is 0.632. The maximum absolute atomic E-state index is 12.5. The van der Waals surface area contributed by atoms with Gasteiger partial charge in [-0.25, -0.2) is 18.7 Å². The topological polar surface area (TPSA) is 138 Å². The first kappa shape index (κ1) is 24.8. The Hall–Kier alpha value is -1.82. The molecule has 0 aromatic carbocycles. The molecule has 1 unspecified atom stereocenters. The summed E-state index contributed by atoms with van der Waals surface area (Å²) in [5.74, 6) is 0. The Balaban J connectivity index is 1.86. The molecule has 2 aromatic rings. The number of rotatable bonds is 7. The van der Waals surface area contributed by atoms with Crippen LogP contribution in [0.2, 0.25) is 18.1 Å². The number of hydrogen-bond acceptors (Lipinski definition) is 7. The molecule has 32 heavy (non-hydrogen) atoms. The molecule has 0 aliphatic carbocycles. The van der Waals surface area contributed by atoms with Crippen LogP contribution >= 0.6 is 7.75 Å². The molecule has 0 radical (unpaired) electrons. The highest BCUT2D eigenvalue weighted by molar-refractivity contribution is 7.51. The quantitative estimate of drug-likeness (QED) is 0.449. The van der Waals surface area contributed by atoms with Gasteiger partial charge in [0.25, 0.3) is 5.56 Å². The Morgan fingerprint density at radius 2 is 2.06 bits per heavy atom. The Morgan fingerprint density at radius 1 is 1.38 bits per heavy atom. The number of aromatic amines is 1. The zero-order chi connectivity index (χ0) is 23.9. The number of hydrogen-bond donors (Lipinski definition) is 2. The lowest BCUT2D eigenvalue weighted by molar-refractivity contribution is -0.0408. The van der Waals surface area contributed by atoms with Crippen LogP contribution in [0.25, 0.3) is 0 Å². The first-order chi connectivity index (χ1) is 14.7. The van der Waals surface area contributed by atoms with Crippen molar-refractivity contribution in [1.82, 2.24) is 18.9 Å². The van der Waals surface area contributed by atoms with Gasteiger partial charge in [0.1, 0.15) is 18.7 Å². The number of aromatic nitrogens is 4. The maximum atomic E-state index is 12.5. The van der Waals surface area contributed by atoms with E-state index in [2.05, 4.69) is 43.8 Å². The number of ether oxygens (including phenoxy) is 1. The molecule has 11 nitrogen and oxygen atoms in total. The predicted octanol–water partition coefficient (Wildman–Crippen LogP) is 2.38. The van der Waals surface area contributed by atoms with E-state index < -0.39 is 45.7 Å². The Kier molecular flexibility index (Phi) is 6.86. The first-order valence-corrected chi connectivity index (χ1v) is 14.8. The molecule has 3 rings (SSSR count). The lowest BCUT2D eigenvalue weighted by Gasteiger charge is -2.39. The first-order valence-electron chi connectivity index (χ1n) is 10.3. The molecule has 0 amide bonds. The van der Waals surface area contributed by atoms with Crippen LogP contribution in [0.15, 0.2) is 34.5 Å². The van der Waals surface area contributed by atoms with E-state index in [0.717, 1.165) is 4.34 Å². The Bertz CT molecular complexity index is 1110. The molecular weight excluding hydrogens is 455 g/mol. The summed E-state index contributed by atoms with van der Waals surface area (Å²) in [4.78, 5) is 40.4. The lowest BCUT2D eigenvalue weighted by atomic mass is 10.2. The molecule has 4 atom stereocenters.